The van der Waals surface area contributed by atoms with Crippen molar-refractivity contribution in [2.75, 3.05) is 0 Å². The van der Waals surface area contributed by atoms with E-state index < -0.39 is 0 Å². The van der Waals surface area contributed by atoms with Crippen LogP contribution in [0, 0.1) is 0 Å². The van der Waals surface area contributed by atoms with Crippen molar-refractivity contribution in [3.05, 3.63) is 24.3 Å². The van der Waals surface area contributed by atoms with Gasteiger partial charge in [-0.25, -0.2) is 0 Å². The molecule has 0 aromatic heterocycles. The summed E-state index contributed by atoms with van der Waals surface area (Å²) in [6.45, 7) is 0. The van der Waals surface area contributed by atoms with Crippen molar-refractivity contribution in [1.29, 1.82) is 0 Å². The number of amides is 4. The molecule has 6 nitrogen and oxygen atoms in total. The monoisotopic (exact) mass is 276 g/mol. The molecule has 106 valence electrons. The second-order valence-corrected chi connectivity index (χ2v) is 4.86. The molecule has 0 radical (unpaired) electrons. The molecule has 0 bridgehead atoms. The fraction of sp³-hybridized carbons (Fsp3) is 0.429. The summed E-state index contributed by atoms with van der Waals surface area (Å²) in [6.07, 6.45) is 10.6. The van der Waals surface area contributed by atoms with E-state index in [9.17, 15) is 19.2 Å². The second-order valence-electron chi connectivity index (χ2n) is 4.86. The molecule has 0 spiro atoms. The van der Waals surface area contributed by atoms with Crippen molar-refractivity contribution >= 4 is 23.6 Å². The summed E-state index contributed by atoms with van der Waals surface area (Å²) < 4.78 is 0. The third-order valence-corrected chi connectivity index (χ3v) is 3.42. The molecule has 3 rings (SSSR count). The fourth-order valence-electron chi connectivity index (χ4n) is 2.47. The average molecular weight is 276 g/mol. The van der Waals surface area contributed by atoms with Gasteiger partial charge in [0.2, 0.25) is 0 Å². The minimum absolute atomic E-state index is 0.128. The number of imide groups is 2. The number of hydrogen-bond acceptors (Lipinski definition) is 4. The van der Waals surface area contributed by atoms with Crippen molar-refractivity contribution in [3.63, 3.8) is 0 Å². The van der Waals surface area contributed by atoms with Gasteiger partial charge in [-0.1, -0.05) is 19.3 Å². The van der Waals surface area contributed by atoms with Crippen LogP contribution < -0.4 is 5.32 Å². The first-order chi connectivity index (χ1) is 9.58. The van der Waals surface area contributed by atoms with Gasteiger partial charge in [0.25, 0.3) is 23.6 Å². The van der Waals surface area contributed by atoms with Gasteiger partial charge in [-0.15, -0.1) is 0 Å². The van der Waals surface area contributed by atoms with E-state index in [4.69, 9.17) is 0 Å². The maximum absolute atomic E-state index is 11.3. The van der Waals surface area contributed by atoms with Crippen molar-refractivity contribution < 1.29 is 19.2 Å². The maximum atomic E-state index is 11.3. The third kappa shape index (κ3) is 3.40. The minimum atomic E-state index is -0.329. The lowest BCUT2D eigenvalue weighted by Crippen LogP contribution is -2.41. The predicted octanol–water partition coefficient (Wildman–Crippen LogP) is 0.443. The summed E-state index contributed by atoms with van der Waals surface area (Å²) in [5.74, 6) is -0.913. The van der Waals surface area contributed by atoms with E-state index in [1.54, 1.807) is 0 Å². The summed E-state index contributed by atoms with van der Waals surface area (Å²) in [4.78, 5) is 44.1. The molecule has 6 heteroatoms. The molecule has 20 heavy (non-hydrogen) atoms. The number of nitrogens with one attached hydrogen (secondary N) is 1. The van der Waals surface area contributed by atoms with E-state index in [-0.39, 0.29) is 29.7 Å². The number of carbonyl (C=O) groups is 4. The molecule has 0 saturated heterocycles. The van der Waals surface area contributed by atoms with Crippen LogP contribution in [0.3, 0.4) is 0 Å². The summed E-state index contributed by atoms with van der Waals surface area (Å²) in [6, 6.07) is 0.170. The van der Waals surface area contributed by atoms with Crippen LogP contribution in [0.15, 0.2) is 24.3 Å². The van der Waals surface area contributed by atoms with Crippen molar-refractivity contribution in [2.24, 2.45) is 0 Å². The molecular weight excluding hydrogens is 260 g/mol. The summed E-state index contributed by atoms with van der Waals surface area (Å²) in [5.41, 5.74) is 0. The molecule has 0 aromatic carbocycles. The van der Waals surface area contributed by atoms with Gasteiger partial charge in [0.1, 0.15) is 0 Å². The molecule has 1 aliphatic carbocycles. The van der Waals surface area contributed by atoms with Gasteiger partial charge < -0.3 is 0 Å². The van der Waals surface area contributed by atoms with Gasteiger partial charge in [0.05, 0.1) is 0 Å². The number of rotatable bonds is 1. The van der Waals surface area contributed by atoms with Gasteiger partial charge in [-0.3, -0.25) is 29.4 Å². The van der Waals surface area contributed by atoms with E-state index in [1.807, 2.05) is 5.32 Å². The molecule has 3 aliphatic rings. The van der Waals surface area contributed by atoms with E-state index in [0.717, 1.165) is 25.7 Å². The van der Waals surface area contributed by atoms with Crippen molar-refractivity contribution in [2.45, 2.75) is 38.1 Å². The fourth-order valence-corrected chi connectivity index (χ4v) is 2.47. The lowest BCUT2D eigenvalue weighted by Gasteiger charge is -2.29. The molecule has 0 atom stereocenters. The Hall–Kier alpha value is -2.24. The number of nitrogens with zero attached hydrogens (tertiary/aromatic N) is 1. The van der Waals surface area contributed by atoms with E-state index in [0.29, 0.717) is 0 Å². The largest absolute Gasteiger partial charge is 0.289 e. The standard InChI is InChI=1S/C10H13NO2.C4H3NO2/c12-9-6-7-10(13)11(9)8-4-2-1-3-5-8;6-3-1-2-4(7)5-3/h6-8H,1-5H2;1-2H,(H,5,6,7). The Bertz CT molecular complexity index is 467. The molecule has 2 heterocycles. The zero-order valence-electron chi connectivity index (χ0n) is 11.0. The summed E-state index contributed by atoms with van der Waals surface area (Å²) in [5, 5.41) is 2.03. The first kappa shape index (κ1) is 14.2. The van der Waals surface area contributed by atoms with Gasteiger partial charge >= 0.3 is 0 Å². The quantitative estimate of drug-likeness (QED) is 0.704. The number of hydrogen-bond donors (Lipinski definition) is 1. The van der Waals surface area contributed by atoms with Crippen molar-refractivity contribution in [1.82, 2.24) is 10.2 Å². The third-order valence-electron chi connectivity index (χ3n) is 3.42. The second kappa shape index (κ2) is 6.27. The Morgan fingerprint density at radius 2 is 1.30 bits per heavy atom. The van der Waals surface area contributed by atoms with Crippen LogP contribution in [0.5, 0.6) is 0 Å². The van der Waals surface area contributed by atoms with E-state index in [2.05, 4.69) is 0 Å². The molecule has 1 saturated carbocycles. The molecular formula is C14H16N2O4. The Morgan fingerprint density at radius 1 is 0.800 bits per heavy atom. The summed E-state index contributed by atoms with van der Waals surface area (Å²) in [7, 11) is 0. The van der Waals surface area contributed by atoms with Crippen LogP contribution >= 0.6 is 0 Å². The highest BCUT2D eigenvalue weighted by atomic mass is 16.2. The number of carbonyl (C=O) groups excluding carboxylic acids is 4. The molecule has 4 amide bonds. The van der Waals surface area contributed by atoms with Crippen LogP contribution in [0.4, 0.5) is 0 Å². The van der Waals surface area contributed by atoms with E-state index >= 15 is 0 Å². The first-order valence-corrected chi connectivity index (χ1v) is 6.66. The Morgan fingerprint density at radius 3 is 1.70 bits per heavy atom. The highest BCUT2D eigenvalue weighted by Gasteiger charge is 2.31. The first-order valence-electron chi connectivity index (χ1n) is 6.66. The molecule has 0 unspecified atom stereocenters. The zero-order valence-corrected chi connectivity index (χ0v) is 11.0. The summed E-state index contributed by atoms with van der Waals surface area (Å²) >= 11 is 0. The van der Waals surface area contributed by atoms with E-state index in [1.165, 1.54) is 35.6 Å². The Labute approximate surface area is 116 Å². The van der Waals surface area contributed by atoms with Crippen LogP contribution in [-0.4, -0.2) is 34.6 Å². The maximum Gasteiger partial charge on any atom is 0.253 e. The zero-order chi connectivity index (χ0) is 14.5. The highest BCUT2D eigenvalue weighted by molar-refractivity contribution is 6.13. The SMILES string of the molecule is O=C1C=CC(=O)N1.O=C1C=CC(=O)N1C1CCCCC1. The predicted molar refractivity (Wildman–Crippen MR) is 70.2 cm³/mol. The Kier molecular flexibility index (Phi) is 4.45. The molecule has 2 aliphatic heterocycles. The highest BCUT2D eigenvalue weighted by Crippen LogP contribution is 2.24. The lowest BCUT2D eigenvalue weighted by atomic mass is 9.94. The van der Waals surface area contributed by atoms with Crippen LogP contribution in [0.25, 0.3) is 0 Å². The van der Waals surface area contributed by atoms with Gasteiger partial charge in [-0.2, -0.15) is 0 Å². The topological polar surface area (TPSA) is 83.5 Å². The molecule has 1 N–H and O–H groups in total. The normalized spacial score (nSPS) is 22.1. The van der Waals surface area contributed by atoms with Gasteiger partial charge in [0.15, 0.2) is 0 Å². The van der Waals surface area contributed by atoms with Gasteiger partial charge in [0, 0.05) is 30.3 Å². The van der Waals surface area contributed by atoms with Gasteiger partial charge in [-0.05, 0) is 12.8 Å². The molecule has 0 aromatic rings. The Balaban J connectivity index is 0.000000178. The van der Waals surface area contributed by atoms with Crippen LogP contribution in [0.1, 0.15) is 32.1 Å². The smallest absolute Gasteiger partial charge is 0.253 e. The van der Waals surface area contributed by atoms with Crippen LogP contribution in [0.2, 0.25) is 0 Å². The lowest BCUT2D eigenvalue weighted by molar-refractivity contribution is -0.140. The minimum Gasteiger partial charge on any atom is -0.289 e. The average Bonchev–Trinajstić information content (AvgIpc) is 2.97. The van der Waals surface area contributed by atoms with Crippen molar-refractivity contribution in [3.8, 4) is 0 Å². The van der Waals surface area contributed by atoms with Crippen LogP contribution in [-0.2, 0) is 19.2 Å². The molecule has 1 fully saturated rings.